The van der Waals surface area contributed by atoms with Crippen molar-refractivity contribution >= 4 is 42.1 Å². The first-order valence-corrected chi connectivity index (χ1v) is 36.1. The molecule has 4 aliphatic rings. The molecule has 108 heavy (non-hydrogen) atoms. The SMILES string of the molecule is CC(C)(C)OC(=O)N1CCC(c2ccccc2)(c2nn[nH]n2)CC1.CC(C)(C)OC(=O)N1CCC(c2ccccc2)(c2nnn(CC(N)=O)n2)CC1.CC(C)(C)OC(=O)N1CCC(c2ccccc2)(c2nnn(CC(N)=O)n2)CC1.CC(C)(C)OC(=O)N1CCC(c2ccccc2)(c2nnnn2CC(N)=O)CC1. The maximum absolute atomic E-state index is 12.5. The van der Waals surface area contributed by atoms with Crippen molar-refractivity contribution in [2.75, 3.05) is 52.4 Å². The van der Waals surface area contributed by atoms with E-state index < -0.39 is 56.4 Å². The number of likely N-dealkylation sites (tertiary alicyclic amines) is 4. The van der Waals surface area contributed by atoms with Crippen molar-refractivity contribution in [3.05, 3.63) is 167 Å². The predicted octanol–water partition coefficient (Wildman–Crippen LogP) is 6.94. The van der Waals surface area contributed by atoms with Crippen LogP contribution in [-0.2, 0) is 74.6 Å². The minimum absolute atomic E-state index is 0.0906. The molecule has 0 saturated carbocycles. The van der Waals surface area contributed by atoms with Gasteiger partial charge >= 0.3 is 24.4 Å². The van der Waals surface area contributed by atoms with Gasteiger partial charge in [0.1, 0.15) is 42.0 Å². The summed E-state index contributed by atoms with van der Waals surface area (Å²) >= 11 is 0. The van der Waals surface area contributed by atoms with Crippen LogP contribution in [0.15, 0.2) is 121 Å². The fourth-order valence-corrected chi connectivity index (χ4v) is 13.6. The van der Waals surface area contributed by atoms with E-state index in [0.717, 1.165) is 35.1 Å². The first kappa shape index (κ1) is 80.7. The number of nitrogens with two attached hydrogens (primary N) is 3. The van der Waals surface area contributed by atoms with E-state index in [1.165, 1.54) is 14.3 Å². The highest BCUT2D eigenvalue weighted by molar-refractivity contribution is 5.74. The number of benzene rings is 4. The number of carbonyl (C=O) groups excluding carboxylic acids is 7. The molecule has 8 heterocycles. The highest BCUT2D eigenvalue weighted by Crippen LogP contribution is 2.44. The van der Waals surface area contributed by atoms with Crippen LogP contribution in [0.4, 0.5) is 19.2 Å². The molecule has 4 aromatic heterocycles. The second-order valence-electron chi connectivity index (χ2n) is 31.2. The van der Waals surface area contributed by atoms with Crippen LogP contribution < -0.4 is 17.2 Å². The molecule has 0 atom stereocenters. The average Bonchev–Trinajstić information content (AvgIpc) is 1.27. The smallest absolute Gasteiger partial charge is 0.410 e. The van der Waals surface area contributed by atoms with Gasteiger partial charge < -0.3 is 55.7 Å². The van der Waals surface area contributed by atoms with E-state index in [2.05, 4.69) is 79.1 Å². The number of tetrazole rings is 4. The van der Waals surface area contributed by atoms with Crippen LogP contribution in [0.2, 0.25) is 0 Å². The fourth-order valence-electron chi connectivity index (χ4n) is 13.6. The van der Waals surface area contributed by atoms with Gasteiger partial charge in [-0.05, 0) is 178 Å². The number of aromatic nitrogens is 16. The number of aromatic amines is 1. The predicted molar refractivity (Wildman–Crippen MR) is 392 cm³/mol. The Kier molecular flexibility index (Phi) is 25.5. The van der Waals surface area contributed by atoms with Crippen LogP contribution in [0.1, 0.15) is 180 Å². The lowest BCUT2D eigenvalue weighted by molar-refractivity contribution is -0.119. The van der Waals surface area contributed by atoms with Gasteiger partial charge in [0.15, 0.2) is 23.3 Å². The van der Waals surface area contributed by atoms with Gasteiger partial charge in [-0.3, -0.25) is 14.4 Å². The van der Waals surface area contributed by atoms with Gasteiger partial charge in [-0.1, -0.05) is 127 Å². The van der Waals surface area contributed by atoms with Gasteiger partial charge in [-0.15, -0.1) is 35.7 Å². The summed E-state index contributed by atoms with van der Waals surface area (Å²) in [6, 6.07) is 39.9. The third kappa shape index (κ3) is 20.8. The molecule has 0 radical (unpaired) electrons. The number of primary amides is 3. The van der Waals surface area contributed by atoms with Crippen LogP contribution in [0, 0.1) is 0 Å². The van der Waals surface area contributed by atoms with E-state index in [9.17, 15) is 33.6 Å². The summed E-state index contributed by atoms with van der Waals surface area (Å²) in [4.78, 5) is 92.7. The van der Waals surface area contributed by atoms with Gasteiger partial charge in [0.2, 0.25) is 17.7 Å². The molecule has 34 nitrogen and oxygen atoms in total. The molecule has 0 unspecified atom stereocenters. The summed E-state index contributed by atoms with van der Waals surface area (Å²) in [7, 11) is 0. The normalized spacial score (nSPS) is 16.8. The lowest BCUT2D eigenvalue weighted by atomic mass is 9.72. The fraction of sp³-hybridized carbons (Fsp3) is 0.527. The van der Waals surface area contributed by atoms with Crippen LogP contribution in [0.3, 0.4) is 0 Å². The van der Waals surface area contributed by atoms with Crippen molar-refractivity contribution in [1.29, 1.82) is 0 Å². The molecule has 4 saturated heterocycles. The molecule has 34 heteroatoms. The molecule has 8 aromatic rings. The topological polar surface area (TPSA) is 433 Å². The quantitative estimate of drug-likeness (QED) is 0.0800. The zero-order chi connectivity index (χ0) is 78.3. The summed E-state index contributed by atoms with van der Waals surface area (Å²) in [5.74, 6) is 0.754. The number of rotatable bonds is 14. The molecule has 7 amide bonds. The number of amides is 7. The summed E-state index contributed by atoms with van der Waals surface area (Å²) in [6.07, 6.45) is 3.94. The molecule has 0 bridgehead atoms. The number of piperidine rings is 4. The third-order valence-corrected chi connectivity index (χ3v) is 18.8. The first-order chi connectivity index (χ1) is 51.0. The molecule has 0 aliphatic carbocycles. The number of nitrogens with zero attached hydrogens (tertiary/aromatic N) is 19. The number of ether oxygens (including phenoxy) is 4. The van der Waals surface area contributed by atoms with Crippen molar-refractivity contribution in [3.8, 4) is 0 Å². The second-order valence-corrected chi connectivity index (χ2v) is 31.2. The van der Waals surface area contributed by atoms with Crippen molar-refractivity contribution < 1.29 is 52.5 Å². The van der Waals surface area contributed by atoms with Crippen molar-refractivity contribution in [2.24, 2.45) is 17.2 Å². The Morgan fingerprint density at radius 3 is 0.917 bits per heavy atom. The standard InChI is InChI=1S/3C19H26N6O3.C17H23N5O2/c1-18(2,3)28-17(27)24-11-9-19(10-12-24,14-7-5-4-6-8-14)16-21-22-23-25(16)13-15(20)26;2*1-18(2,3)28-17(27)24-11-9-19(10-12-24,14-7-5-4-6-8-14)16-21-23-25(22-16)13-15(20)26;1-16(2,3)24-15(23)22-11-9-17(10-12-22,14-18-20-21-19-14)13-7-5-4-6-8-13/h3*4-8H,9-13H2,1-3H3,(H2,20,26);4-8H,9-12H2,1-3H3,(H,18,19,20,21). The number of nitrogens with one attached hydrogen (secondary N) is 1. The van der Waals surface area contributed by atoms with Crippen LogP contribution in [0.5, 0.6) is 0 Å². The molecule has 578 valence electrons. The number of H-pyrrole nitrogens is 1. The second kappa shape index (κ2) is 34.0. The van der Waals surface area contributed by atoms with Gasteiger partial charge in [0, 0.05) is 52.4 Å². The van der Waals surface area contributed by atoms with E-state index in [0.29, 0.717) is 114 Å². The zero-order valence-electron chi connectivity index (χ0n) is 63.7. The first-order valence-electron chi connectivity index (χ1n) is 36.1. The Hall–Kier alpha value is -11.4. The Morgan fingerprint density at radius 2 is 0.648 bits per heavy atom. The summed E-state index contributed by atoms with van der Waals surface area (Å²) in [6.45, 7) is 26.2. The number of hydrogen-bond acceptors (Lipinski definition) is 23. The van der Waals surface area contributed by atoms with Gasteiger partial charge in [-0.2, -0.15) is 14.8 Å². The number of carbonyl (C=O) groups is 7. The van der Waals surface area contributed by atoms with Crippen molar-refractivity contribution in [1.82, 2.24) is 101 Å². The highest BCUT2D eigenvalue weighted by Gasteiger charge is 2.48. The van der Waals surface area contributed by atoms with E-state index >= 15 is 0 Å². The third-order valence-electron chi connectivity index (χ3n) is 18.8. The lowest BCUT2D eigenvalue weighted by Crippen LogP contribution is -2.48. The Bertz CT molecular complexity index is 4130. The maximum Gasteiger partial charge on any atom is 0.410 e. The Balaban J connectivity index is 0.000000166. The van der Waals surface area contributed by atoms with Gasteiger partial charge in [0.25, 0.3) is 0 Å². The maximum atomic E-state index is 12.5. The van der Waals surface area contributed by atoms with Crippen molar-refractivity contribution in [2.45, 2.75) is 198 Å². The summed E-state index contributed by atoms with van der Waals surface area (Å²) < 4.78 is 23.4. The van der Waals surface area contributed by atoms with E-state index in [1.54, 1.807) is 19.6 Å². The van der Waals surface area contributed by atoms with Crippen LogP contribution in [-0.4, -0.2) is 218 Å². The minimum atomic E-state index is -0.545. The van der Waals surface area contributed by atoms with Gasteiger partial charge in [-0.25, -0.2) is 23.9 Å². The molecule has 12 rings (SSSR count). The van der Waals surface area contributed by atoms with Crippen LogP contribution >= 0.6 is 0 Å². The van der Waals surface area contributed by atoms with E-state index in [1.807, 2.05) is 192 Å². The molecule has 0 spiro atoms. The monoisotopic (exact) mass is 1490 g/mol. The summed E-state index contributed by atoms with van der Waals surface area (Å²) in [5, 5.41) is 51.9. The molecular weight excluding hydrogens is 1390 g/mol. The minimum Gasteiger partial charge on any atom is -0.444 e. The molecule has 4 aromatic carbocycles. The van der Waals surface area contributed by atoms with Crippen molar-refractivity contribution in [3.63, 3.8) is 0 Å². The van der Waals surface area contributed by atoms with Crippen LogP contribution in [0.25, 0.3) is 0 Å². The van der Waals surface area contributed by atoms with E-state index in [-0.39, 0.29) is 49.4 Å². The van der Waals surface area contributed by atoms with Gasteiger partial charge in [0.05, 0.1) is 21.7 Å². The summed E-state index contributed by atoms with van der Waals surface area (Å²) in [5.41, 5.74) is 16.2. The largest absolute Gasteiger partial charge is 0.444 e. The molecule has 7 N–H and O–H groups in total. The zero-order valence-corrected chi connectivity index (χ0v) is 63.7. The Labute approximate surface area is 627 Å². The molecule has 4 fully saturated rings. The molecular formula is C74H101N23O11. The average molecular weight is 1490 g/mol. The Morgan fingerprint density at radius 1 is 0.370 bits per heavy atom. The van der Waals surface area contributed by atoms with E-state index in [4.69, 9.17) is 36.1 Å². The molecule has 4 aliphatic heterocycles. The highest BCUT2D eigenvalue weighted by atomic mass is 16.6. The number of hydrogen-bond donors (Lipinski definition) is 4. The lowest BCUT2D eigenvalue weighted by Gasteiger charge is -2.41.